The maximum atomic E-state index is 13.5. The maximum Gasteiger partial charge on any atom is 0.341 e. The van der Waals surface area contributed by atoms with Gasteiger partial charge in [-0.1, -0.05) is 11.9 Å². The molecule has 3 nitrogen and oxygen atoms in total. The first-order chi connectivity index (χ1) is 8.61. The number of hydrogen-bond acceptors (Lipinski definition) is 3. The third kappa shape index (κ3) is 4.47. The van der Waals surface area contributed by atoms with Crippen molar-refractivity contribution in [3.63, 3.8) is 0 Å². The fourth-order valence-corrected chi connectivity index (χ4v) is 2.05. The normalized spacial score (nSPS) is 13.4. The first kappa shape index (κ1) is 15.9. The molecule has 1 aromatic rings. The highest BCUT2D eigenvalue weighted by molar-refractivity contribution is 7.98. The Hall–Kier alpha value is -1.14. The van der Waals surface area contributed by atoms with Crippen molar-refractivity contribution in [2.45, 2.75) is 38.5 Å². The van der Waals surface area contributed by atoms with Crippen LogP contribution in [0.1, 0.15) is 49.7 Å². The van der Waals surface area contributed by atoms with E-state index >= 15 is 0 Å². The van der Waals surface area contributed by atoms with E-state index in [1.165, 1.54) is 11.9 Å². The Kier molecular flexibility index (Phi) is 4.92. The molecule has 0 saturated heterocycles. The van der Waals surface area contributed by atoms with Crippen LogP contribution < -0.4 is 4.72 Å². The van der Waals surface area contributed by atoms with E-state index in [2.05, 4.69) is 4.72 Å². The Morgan fingerprint density at radius 1 is 1.32 bits per heavy atom. The fourth-order valence-electron chi connectivity index (χ4n) is 1.38. The van der Waals surface area contributed by atoms with E-state index in [9.17, 15) is 13.6 Å². The Bertz CT molecular complexity index is 463. The summed E-state index contributed by atoms with van der Waals surface area (Å²) in [6.07, 6.45) is 0. The molecule has 0 bridgehead atoms. The highest BCUT2D eigenvalue weighted by Crippen LogP contribution is 2.26. The second-order valence-corrected chi connectivity index (χ2v) is 6.88. The summed E-state index contributed by atoms with van der Waals surface area (Å²) in [5.74, 6) is -3.72. The van der Waals surface area contributed by atoms with Gasteiger partial charge in [-0.25, -0.2) is 13.6 Å². The minimum atomic E-state index is -1.61. The zero-order valence-electron chi connectivity index (χ0n) is 11.3. The molecule has 1 rings (SSSR count). The first-order valence-corrected chi connectivity index (χ1v) is 6.59. The third-order valence-corrected chi connectivity index (χ3v) is 3.40. The molecule has 1 unspecified atom stereocenters. The summed E-state index contributed by atoms with van der Waals surface area (Å²) in [7, 11) is 0. The number of carbonyl (C=O) groups is 1. The topological polar surface area (TPSA) is 49.3 Å². The van der Waals surface area contributed by atoms with Crippen LogP contribution >= 0.6 is 11.9 Å². The molecule has 0 aliphatic rings. The summed E-state index contributed by atoms with van der Waals surface area (Å²) in [4.78, 5) is 10.7. The van der Waals surface area contributed by atoms with Gasteiger partial charge in [0, 0.05) is 10.8 Å². The quantitative estimate of drug-likeness (QED) is 0.829. The van der Waals surface area contributed by atoms with Crippen LogP contribution in [0.4, 0.5) is 8.78 Å². The summed E-state index contributed by atoms with van der Waals surface area (Å²) in [5.41, 5.74) is -0.545. The van der Waals surface area contributed by atoms with Crippen molar-refractivity contribution in [2.24, 2.45) is 0 Å². The number of rotatable bonds is 4. The first-order valence-electron chi connectivity index (χ1n) is 5.77. The van der Waals surface area contributed by atoms with Gasteiger partial charge in [-0.2, -0.15) is 0 Å². The van der Waals surface area contributed by atoms with Crippen molar-refractivity contribution in [2.75, 3.05) is 0 Å². The summed E-state index contributed by atoms with van der Waals surface area (Å²) >= 11 is 1.45. The summed E-state index contributed by atoms with van der Waals surface area (Å²) < 4.78 is 30.1. The lowest BCUT2D eigenvalue weighted by Gasteiger charge is -2.22. The minimum absolute atomic E-state index is 0.0354. The lowest BCUT2D eigenvalue weighted by Crippen LogP contribution is -2.20. The Morgan fingerprint density at radius 3 is 2.16 bits per heavy atom. The van der Waals surface area contributed by atoms with Crippen LogP contribution in [-0.4, -0.2) is 15.8 Å². The van der Waals surface area contributed by atoms with Gasteiger partial charge in [0.15, 0.2) is 0 Å². The second kappa shape index (κ2) is 5.88. The molecular weight excluding hydrogens is 272 g/mol. The Labute approximate surface area is 115 Å². The molecule has 1 aromatic carbocycles. The highest BCUT2D eigenvalue weighted by atomic mass is 32.2. The molecule has 0 radical (unpaired) electrons. The zero-order chi connectivity index (χ0) is 14.8. The second-order valence-electron chi connectivity index (χ2n) is 5.22. The van der Waals surface area contributed by atoms with Gasteiger partial charge in [-0.15, -0.1) is 0 Å². The van der Waals surface area contributed by atoms with Crippen LogP contribution in [0.25, 0.3) is 0 Å². The molecule has 0 amide bonds. The van der Waals surface area contributed by atoms with E-state index in [1.54, 1.807) is 6.92 Å². The van der Waals surface area contributed by atoms with Crippen LogP contribution in [0.2, 0.25) is 0 Å². The SMILES string of the molecule is CC(NSC(C)(C)C)c1cc(F)c(C(=O)O)c(F)c1. The number of nitrogens with one attached hydrogen (secondary N) is 1. The van der Waals surface area contributed by atoms with Gasteiger partial charge in [-0.3, -0.25) is 4.72 Å². The fraction of sp³-hybridized carbons (Fsp3) is 0.462. The largest absolute Gasteiger partial charge is 0.477 e. The monoisotopic (exact) mass is 289 g/mol. The van der Waals surface area contributed by atoms with Gasteiger partial charge in [0.1, 0.15) is 17.2 Å². The summed E-state index contributed by atoms with van der Waals surface area (Å²) in [5, 5.41) is 8.69. The van der Waals surface area contributed by atoms with Gasteiger partial charge in [0.05, 0.1) is 0 Å². The van der Waals surface area contributed by atoms with Crippen molar-refractivity contribution in [3.8, 4) is 0 Å². The molecular formula is C13H17F2NO2S. The van der Waals surface area contributed by atoms with Crippen LogP contribution in [-0.2, 0) is 0 Å². The number of carboxylic acid groups (broad SMARTS) is 1. The molecule has 0 aliphatic heterocycles. The number of halogens is 2. The van der Waals surface area contributed by atoms with E-state index in [4.69, 9.17) is 5.11 Å². The molecule has 6 heteroatoms. The van der Waals surface area contributed by atoms with Gasteiger partial charge in [0.2, 0.25) is 0 Å². The predicted octanol–water partition coefficient (Wildman–Crippen LogP) is 3.76. The van der Waals surface area contributed by atoms with E-state index < -0.39 is 23.2 Å². The number of benzene rings is 1. The standard InChI is InChI=1S/C13H17F2NO2S/c1-7(16-19-13(2,3)4)8-5-9(14)11(12(17)18)10(15)6-8/h5-7,16H,1-4H3,(H,17,18). The molecule has 0 saturated carbocycles. The summed E-state index contributed by atoms with van der Waals surface area (Å²) in [6, 6.07) is 1.80. The number of hydrogen-bond donors (Lipinski definition) is 2. The molecule has 0 heterocycles. The van der Waals surface area contributed by atoms with Crippen molar-refractivity contribution in [1.82, 2.24) is 4.72 Å². The van der Waals surface area contributed by atoms with E-state index in [0.717, 1.165) is 12.1 Å². The Morgan fingerprint density at radius 2 is 1.79 bits per heavy atom. The molecule has 1 atom stereocenters. The molecule has 0 fully saturated rings. The lowest BCUT2D eigenvalue weighted by molar-refractivity contribution is 0.0686. The maximum absolute atomic E-state index is 13.5. The Balaban J connectivity index is 2.94. The van der Waals surface area contributed by atoms with Crippen molar-refractivity contribution >= 4 is 17.9 Å². The van der Waals surface area contributed by atoms with Gasteiger partial charge < -0.3 is 5.11 Å². The summed E-state index contributed by atoms with van der Waals surface area (Å²) in [6.45, 7) is 7.78. The number of carboxylic acids is 1. The minimum Gasteiger partial charge on any atom is -0.477 e. The van der Waals surface area contributed by atoms with E-state index in [0.29, 0.717) is 5.56 Å². The van der Waals surface area contributed by atoms with Crippen LogP contribution in [0, 0.1) is 11.6 Å². The molecule has 0 spiro atoms. The van der Waals surface area contributed by atoms with Crippen LogP contribution in [0.5, 0.6) is 0 Å². The molecule has 0 aliphatic carbocycles. The number of aromatic carboxylic acids is 1. The predicted molar refractivity (Wildman–Crippen MR) is 72.2 cm³/mol. The lowest BCUT2D eigenvalue weighted by atomic mass is 10.1. The van der Waals surface area contributed by atoms with Gasteiger partial charge >= 0.3 is 5.97 Å². The van der Waals surface area contributed by atoms with Crippen LogP contribution in [0.15, 0.2) is 12.1 Å². The van der Waals surface area contributed by atoms with E-state index in [-0.39, 0.29) is 10.8 Å². The van der Waals surface area contributed by atoms with E-state index in [1.807, 2.05) is 20.8 Å². The smallest absolute Gasteiger partial charge is 0.341 e. The third-order valence-electron chi connectivity index (χ3n) is 2.32. The van der Waals surface area contributed by atoms with Crippen molar-refractivity contribution in [3.05, 3.63) is 34.9 Å². The van der Waals surface area contributed by atoms with Gasteiger partial charge in [0.25, 0.3) is 0 Å². The average molecular weight is 289 g/mol. The zero-order valence-corrected chi connectivity index (χ0v) is 12.1. The highest BCUT2D eigenvalue weighted by Gasteiger charge is 2.20. The van der Waals surface area contributed by atoms with Gasteiger partial charge in [-0.05, 0) is 45.4 Å². The van der Waals surface area contributed by atoms with Crippen LogP contribution in [0.3, 0.4) is 0 Å². The molecule has 19 heavy (non-hydrogen) atoms. The van der Waals surface area contributed by atoms with Crippen molar-refractivity contribution in [1.29, 1.82) is 0 Å². The molecule has 0 aromatic heterocycles. The average Bonchev–Trinajstić information content (AvgIpc) is 2.23. The molecule has 106 valence electrons. The van der Waals surface area contributed by atoms with Crippen molar-refractivity contribution < 1.29 is 18.7 Å². The molecule has 2 N–H and O–H groups in total.